The number of hydrogen-bond acceptors (Lipinski definition) is 4. The molecule has 4 heteroatoms. The number of hydrogen-bond donors (Lipinski definition) is 2. The number of carbonyl (C=O) groups is 1. The van der Waals surface area contributed by atoms with Crippen LogP contribution in [-0.4, -0.2) is 37.4 Å². The Labute approximate surface area is 66.5 Å². The molecule has 0 aliphatic rings. The number of ether oxygens (including phenoxy) is 1. The normalized spacial score (nSPS) is 12.6. The summed E-state index contributed by atoms with van der Waals surface area (Å²) in [5.41, 5.74) is 0. The molecule has 0 saturated heterocycles. The van der Waals surface area contributed by atoms with Crippen LogP contribution in [0.2, 0.25) is 0 Å². The van der Waals surface area contributed by atoms with Crippen LogP contribution >= 0.6 is 0 Å². The van der Waals surface area contributed by atoms with Gasteiger partial charge in [0.05, 0.1) is 13.2 Å². The Kier molecular flexibility index (Phi) is 5.78. The number of rotatable bonds is 5. The van der Waals surface area contributed by atoms with Gasteiger partial charge in [0.15, 0.2) is 0 Å². The Bertz CT molecular complexity index is 112. The van der Waals surface area contributed by atoms with Crippen molar-refractivity contribution in [2.75, 3.05) is 20.3 Å². The van der Waals surface area contributed by atoms with E-state index in [1.54, 1.807) is 7.05 Å². The molecule has 0 aliphatic carbocycles. The second-order valence-electron chi connectivity index (χ2n) is 2.19. The van der Waals surface area contributed by atoms with Gasteiger partial charge in [-0.1, -0.05) is 6.92 Å². The average Bonchev–Trinajstić information content (AvgIpc) is 2.03. The summed E-state index contributed by atoms with van der Waals surface area (Å²) in [6, 6.07) is -0.582. The van der Waals surface area contributed by atoms with Gasteiger partial charge in [0.2, 0.25) is 0 Å². The highest BCUT2D eigenvalue weighted by molar-refractivity contribution is 5.75. The Morgan fingerprint density at radius 3 is 2.73 bits per heavy atom. The quantitative estimate of drug-likeness (QED) is 0.535. The summed E-state index contributed by atoms with van der Waals surface area (Å²) in [5.74, 6) is -0.392. The van der Waals surface area contributed by atoms with Crippen molar-refractivity contribution in [3.63, 3.8) is 0 Å². The molecule has 0 aromatic rings. The summed E-state index contributed by atoms with van der Waals surface area (Å²) in [5, 5.41) is 11.3. The highest BCUT2D eigenvalue weighted by Crippen LogP contribution is 1.88. The molecule has 4 nitrogen and oxygen atoms in total. The van der Waals surface area contributed by atoms with E-state index in [0.29, 0.717) is 6.61 Å². The fraction of sp³-hybridized carbons (Fsp3) is 0.857. The zero-order valence-corrected chi connectivity index (χ0v) is 6.96. The first kappa shape index (κ1) is 10.4. The number of aliphatic hydroxyl groups is 1. The molecular weight excluding hydrogens is 146 g/mol. The van der Waals surface area contributed by atoms with Gasteiger partial charge in [-0.2, -0.15) is 0 Å². The minimum atomic E-state index is -0.582. The van der Waals surface area contributed by atoms with Crippen LogP contribution in [0.4, 0.5) is 0 Å². The zero-order valence-electron chi connectivity index (χ0n) is 6.96. The molecule has 0 aliphatic heterocycles. The zero-order chi connectivity index (χ0) is 8.69. The van der Waals surface area contributed by atoms with Gasteiger partial charge < -0.3 is 15.2 Å². The van der Waals surface area contributed by atoms with Gasteiger partial charge >= 0.3 is 5.97 Å². The first-order valence-electron chi connectivity index (χ1n) is 3.71. The van der Waals surface area contributed by atoms with Gasteiger partial charge in [-0.3, -0.25) is 4.79 Å². The molecule has 0 rings (SSSR count). The summed E-state index contributed by atoms with van der Waals surface area (Å²) >= 11 is 0. The molecule has 2 N–H and O–H groups in total. The van der Waals surface area contributed by atoms with E-state index >= 15 is 0 Å². The molecule has 0 unspecified atom stereocenters. The lowest BCUT2D eigenvalue weighted by Gasteiger charge is -2.11. The standard InChI is InChI=1S/C7H15NO3/c1-3-4-11-7(10)6(5-9)8-2/h6,8-9H,3-5H2,1-2H3/t6-/m0/s1. The Hall–Kier alpha value is -0.610. The minimum absolute atomic E-state index is 0.223. The Morgan fingerprint density at radius 2 is 2.36 bits per heavy atom. The van der Waals surface area contributed by atoms with Gasteiger partial charge in [-0.15, -0.1) is 0 Å². The molecule has 0 heterocycles. The summed E-state index contributed by atoms with van der Waals surface area (Å²) in [6.45, 7) is 2.11. The van der Waals surface area contributed by atoms with Gasteiger partial charge in [-0.25, -0.2) is 0 Å². The van der Waals surface area contributed by atoms with Gasteiger partial charge in [0, 0.05) is 0 Å². The second-order valence-corrected chi connectivity index (χ2v) is 2.19. The number of nitrogens with one attached hydrogen (secondary N) is 1. The van der Waals surface area contributed by atoms with Crippen molar-refractivity contribution in [2.24, 2.45) is 0 Å². The molecule has 66 valence electrons. The third-order valence-corrected chi connectivity index (χ3v) is 1.26. The smallest absolute Gasteiger partial charge is 0.325 e. The average molecular weight is 161 g/mol. The predicted molar refractivity (Wildman–Crippen MR) is 41.2 cm³/mol. The van der Waals surface area contributed by atoms with E-state index in [1.165, 1.54) is 0 Å². The second kappa shape index (κ2) is 6.12. The van der Waals surface area contributed by atoms with E-state index in [9.17, 15) is 4.79 Å². The highest BCUT2D eigenvalue weighted by Gasteiger charge is 2.15. The lowest BCUT2D eigenvalue weighted by atomic mass is 10.3. The van der Waals surface area contributed by atoms with Crippen molar-refractivity contribution >= 4 is 5.97 Å². The molecule has 1 atom stereocenters. The monoisotopic (exact) mass is 161 g/mol. The lowest BCUT2D eigenvalue weighted by Crippen LogP contribution is -2.38. The van der Waals surface area contributed by atoms with Crippen molar-refractivity contribution < 1.29 is 14.6 Å². The lowest BCUT2D eigenvalue weighted by molar-refractivity contribution is -0.147. The van der Waals surface area contributed by atoms with Crippen LogP contribution in [0.25, 0.3) is 0 Å². The van der Waals surface area contributed by atoms with Crippen LogP contribution in [0.5, 0.6) is 0 Å². The fourth-order valence-corrected chi connectivity index (χ4v) is 0.587. The van der Waals surface area contributed by atoms with Crippen molar-refractivity contribution in [1.29, 1.82) is 0 Å². The minimum Gasteiger partial charge on any atom is -0.464 e. The van der Waals surface area contributed by atoms with Crippen LogP contribution < -0.4 is 5.32 Å². The van der Waals surface area contributed by atoms with E-state index < -0.39 is 12.0 Å². The van der Waals surface area contributed by atoms with Gasteiger partial charge in [0.25, 0.3) is 0 Å². The largest absolute Gasteiger partial charge is 0.464 e. The molecule has 0 aromatic carbocycles. The van der Waals surface area contributed by atoms with Gasteiger partial charge in [-0.05, 0) is 13.5 Å². The van der Waals surface area contributed by atoms with Crippen molar-refractivity contribution in [1.82, 2.24) is 5.32 Å². The molecule has 0 bridgehead atoms. The first-order valence-corrected chi connectivity index (χ1v) is 3.71. The molecule has 0 radical (unpaired) electrons. The summed E-state index contributed by atoms with van der Waals surface area (Å²) in [6.07, 6.45) is 0.799. The van der Waals surface area contributed by atoms with E-state index in [0.717, 1.165) is 6.42 Å². The van der Waals surface area contributed by atoms with E-state index in [4.69, 9.17) is 9.84 Å². The van der Waals surface area contributed by atoms with Gasteiger partial charge in [0.1, 0.15) is 6.04 Å². The number of aliphatic hydroxyl groups excluding tert-OH is 1. The summed E-state index contributed by atoms with van der Waals surface area (Å²) in [7, 11) is 1.61. The maximum Gasteiger partial charge on any atom is 0.325 e. The van der Waals surface area contributed by atoms with Crippen LogP contribution in [0.3, 0.4) is 0 Å². The van der Waals surface area contributed by atoms with E-state index in [-0.39, 0.29) is 6.61 Å². The van der Waals surface area contributed by atoms with Crippen molar-refractivity contribution in [2.45, 2.75) is 19.4 Å². The molecule has 0 amide bonds. The maximum atomic E-state index is 10.9. The number of esters is 1. The fourth-order valence-electron chi connectivity index (χ4n) is 0.587. The molecule has 0 spiro atoms. The molecular formula is C7H15NO3. The predicted octanol–water partition coefficient (Wildman–Crippen LogP) is -0.480. The SMILES string of the molecule is CCCOC(=O)[C@H](CO)NC. The first-order chi connectivity index (χ1) is 5.26. The Morgan fingerprint density at radius 1 is 1.73 bits per heavy atom. The van der Waals surface area contributed by atoms with Crippen molar-refractivity contribution in [3.8, 4) is 0 Å². The molecule has 0 saturated carbocycles. The molecule has 0 aromatic heterocycles. The Balaban J connectivity index is 3.61. The number of carbonyl (C=O) groups excluding carboxylic acids is 1. The third kappa shape index (κ3) is 3.95. The van der Waals surface area contributed by atoms with E-state index in [2.05, 4.69) is 5.32 Å². The third-order valence-electron chi connectivity index (χ3n) is 1.26. The molecule has 0 fully saturated rings. The van der Waals surface area contributed by atoms with Crippen LogP contribution in [0.15, 0.2) is 0 Å². The van der Waals surface area contributed by atoms with Crippen molar-refractivity contribution in [3.05, 3.63) is 0 Å². The van der Waals surface area contributed by atoms with Crippen LogP contribution in [0.1, 0.15) is 13.3 Å². The van der Waals surface area contributed by atoms with Crippen LogP contribution in [-0.2, 0) is 9.53 Å². The summed E-state index contributed by atoms with van der Waals surface area (Å²) in [4.78, 5) is 10.9. The summed E-state index contributed by atoms with van der Waals surface area (Å²) < 4.78 is 4.77. The van der Waals surface area contributed by atoms with E-state index in [1.807, 2.05) is 6.92 Å². The highest BCUT2D eigenvalue weighted by atomic mass is 16.5. The topological polar surface area (TPSA) is 58.6 Å². The molecule has 11 heavy (non-hydrogen) atoms. The number of likely N-dealkylation sites (N-methyl/N-ethyl adjacent to an activating group) is 1. The van der Waals surface area contributed by atoms with Crippen LogP contribution in [0, 0.1) is 0 Å². The maximum absolute atomic E-state index is 10.9.